The molecule has 0 unspecified atom stereocenters. The van der Waals surface area contributed by atoms with Gasteiger partial charge in [0.15, 0.2) is 0 Å². The van der Waals surface area contributed by atoms with Crippen LogP contribution in [0.25, 0.3) is 10.9 Å². The second-order valence-corrected chi connectivity index (χ2v) is 9.26. The number of hydrogen-bond acceptors (Lipinski definition) is 3. The molecular formula is C30H32N2O2. The summed E-state index contributed by atoms with van der Waals surface area (Å²) in [6.07, 6.45) is 7.99. The van der Waals surface area contributed by atoms with E-state index in [4.69, 9.17) is 4.74 Å². The molecule has 3 aromatic carbocycles. The lowest BCUT2D eigenvalue weighted by Crippen LogP contribution is -2.33. The summed E-state index contributed by atoms with van der Waals surface area (Å²) in [6, 6.07) is 25.9. The largest absolute Gasteiger partial charge is 0.423 e. The fraction of sp³-hybridized carbons (Fsp3) is 0.300. The number of rotatable bonds is 8. The summed E-state index contributed by atoms with van der Waals surface area (Å²) in [4.78, 5) is 18.4. The summed E-state index contributed by atoms with van der Waals surface area (Å²) >= 11 is 0. The van der Waals surface area contributed by atoms with Crippen LogP contribution in [0.4, 0.5) is 0 Å². The molecule has 2 heterocycles. The van der Waals surface area contributed by atoms with E-state index in [0.717, 1.165) is 23.7 Å². The Morgan fingerprint density at radius 1 is 0.912 bits per heavy atom. The Kier molecular flexibility index (Phi) is 7.06. The van der Waals surface area contributed by atoms with Crippen molar-refractivity contribution in [3.05, 3.63) is 102 Å². The highest BCUT2D eigenvalue weighted by Gasteiger charge is 2.20. The van der Waals surface area contributed by atoms with Gasteiger partial charge in [-0.3, -0.25) is 0 Å². The van der Waals surface area contributed by atoms with Crippen LogP contribution in [0.15, 0.2) is 85.1 Å². The minimum absolute atomic E-state index is 0.326. The number of carbonyl (C=O) groups excluding carboxylic acids is 1. The summed E-state index contributed by atoms with van der Waals surface area (Å²) in [5, 5.41) is 1.14. The van der Waals surface area contributed by atoms with Gasteiger partial charge in [-0.25, -0.2) is 4.79 Å². The number of aromatic amines is 1. The van der Waals surface area contributed by atoms with Crippen LogP contribution < -0.4 is 4.74 Å². The zero-order valence-electron chi connectivity index (χ0n) is 19.6. The molecule has 0 atom stereocenters. The van der Waals surface area contributed by atoms with Crippen molar-refractivity contribution in [2.24, 2.45) is 0 Å². The molecule has 0 spiro atoms. The number of unbranched alkanes of at least 4 members (excludes halogenated alkanes) is 1. The zero-order valence-corrected chi connectivity index (χ0v) is 19.6. The predicted octanol–water partition coefficient (Wildman–Crippen LogP) is 6.59. The van der Waals surface area contributed by atoms with Crippen LogP contribution in [-0.4, -0.2) is 35.5 Å². The molecule has 1 saturated heterocycles. The maximum Gasteiger partial charge on any atom is 0.343 e. The maximum atomic E-state index is 12.4. The van der Waals surface area contributed by atoms with E-state index in [1.807, 2.05) is 36.4 Å². The van der Waals surface area contributed by atoms with E-state index in [2.05, 4.69) is 46.4 Å². The number of aromatic nitrogens is 1. The number of hydrogen-bond donors (Lipinski definition) is 1. The number of likely N-dealkylation sites (tertiary alicyclic amines) is 1. The van der Waals surface area contributed by atoms with Crippen LogP contribution in [0.1, 0.15) is 53.1 Å². The number of ether oxygens (including phenoxy) is 1. The minimum Gasteiger partial charge on any atom is -0.423 e. The number of piperidine rings is 1. The summed E-state index contributed by atoms with van der Waals surface area (Å²) in [7, 11) is 0. The number of H-pyrrole nitrogens is 1. The third-order valence-electron chi connectivity index (χ3n) is 6.99. The maximum absolute atomic E-state index is 12.4. The standard InChI is InChI=1S/C30H32N2O2/c33-30(25-11-5-2-6-12-25)34-27-14-15-29-28(21-27)26(22-31-29)13-7-8-18-32-19-16-24(17-20-32)23-9-3-1-4-10-23/h1-6,9-12,14-15,21-22,24,31H,7-8,13,16-20H2. The first-order chi connectivity index (χ1) is 16.8. The molecule has 1 N–H and O–H groups in total. The monoisotopic (exact) mass is 452 g/mol. The molecule has 0 amide bonds. The van der Waals surface area contributed by atoms with E-state index in [1.165, 1.54) is 50.0 Å². The van der Waals surface area contributed by atoms with Crippen LogP contribution in [0, 0.1) is 0 Å². The molecule has 174 valence electrons. The van der Waals surface area contributed by atoms with Crippen molar-refractivity contribution in [3.8, 4) is 5.75 Å². The highest BCUT2D eigenvalue weighted by atomic mass is 16.5. The molecule has 0 saturated carbocycles. The van der Waals surface area contributed by atoms with Crippen LogP contribution >= 0.6 is 0 Å². The molecule has 0 bridgehead atoms. The van der Waals surface area contributed by atoms with Gasteiger partial charge in [-0.2, -0.15) is 0 Å². The van der Waals surface area contributed by atoms with Crippen molar-refractivity contribution in [3.63, 3.8) is 0 Å². The first-order valence-corrected chi connectivity index (χ1v) is 12.4. The van der Waals surface area contributed by atoms with E-state index in [9.17, 15) is 4.79 Å². The van der Waals surface area contributed by atoms with Gasteiger partial charge in [-0.15, -0.1) is 0 Å². The Balaban J connectivity index is 1.11. The van der Waals surface area contributed by atoms with Gasteiger partial charge in [-0.1, -0.05) is 48.5 Å². The number of nitrogens with one attached hydrogen (secondary N) is 1. The Hall–Kier alpha value is -3.37. The van der Waals surface area contributed by atoms with Crippen LogP contribution in [0.2, 0.25) is 0 Å². The minimum atomic E-state index is -0.326. The van der Waals surface area contributed by atoms with Crippen molar-refractivity contribution in [1.82, 2.24) is 9.88 Å². The Bertz CT molecular complexity index is 1210. The number of benzene rings is 3. The molecule has 1 aromatic heterocycles. The van der Waals surface area contributed by atoms with Crippen LogP contribution in [-0.2, 0) is 6.42 Å². The quantitative estimate of drug-likeness (QED) is 0.186. The van der Waals surface area contributed by atoms with Gasteiger partial charge in [0, 0.05) is 17.1 Å². The van der Waals surface area contributed by atoms with Gasteiger partial charge in [0.1, 0.15) is 5.75 Å². The second-order valence-electron chi connectivity index (χ2n) is 9.26. The van der Waals surface area contributed by atoms with E-state index >= 15 is 0 Å². The molecule has 0 aliphatic carbocycles. The first kappa shape index (κ1) is 22.4. The lowest BCUT2D eigenvalue weighted by Gasteiger charge is -2.32. The Labute approximate surface area is 201 Å². The predicted molar refractivity (Wildman–Crippen MR) is 137 cm³/mol. The third kappa shape index (κ3) is 5.40. The van der Waals surface area contributed by atoms with Crippen molar-refractivity contribution >= 4 is 16.9 Å². The highest BCUT2D eigenvalue weighted by Crippen LogP contribution is 2.28. The van der Waals surface area contributed by atoms with Crippen LogP contribution in [0.3, 0.4) is 0 Å². The number of aryl methyl sites for hydroxylation is 1. The van der Waals surface area contributed by atoms with E-state index in [0.29, 0.717) is 17.2 Å². The van der Waals surface area contributed by atoms with Crippen molar-refractivity contribution in [2.45, 2.75) is 38.0 Å². The summed E-state index contributed by atoms with van der Waals surface area (Å²) < 4.78 is 5.62. The highest BCUT2D eigenvalue weighted by molar-refractivity contribution is 5.92. The molecule has 4 heteroatoms. The lowest BCUT2D eigenvalue weighted by atomic mass is 9.89. The topological polar surface area (TPSA) is 45.3 Å². The zero-order chi connectivity index (χ0) is 23.2. The summed E-state index contributed by atoms with van der Waals surface area (Å²) in [5.74, 6) is 0.977. The smallest absolute Gasteiger partial charge is 0.343 e. The number of carbonyl (C=O) groups is 1. The molecule has 1 aliphatic heterocycles. The summed E-state index contributed by atoms with van der Waals surface area (Å²) in [5.41, 5.74) is 4.42. The Morgan fingerprint density at radius 2 is 1.65 bits per heavy atom. The van der Waals surface area contributed by atoms with Gasteiger partial charge in [0.2, 0.25) is 0 Å². The van der Waals surface area contributed by atoms with Gasteiger partial charge >= 0.3 is 5.97 Å². The van der Waals surface area contributed by atoms with Crippen molar-refractivity contribution in [2.75, 3.05) is 19.6 Å². The molecule has 0 radical (unpaired) electrons. The average molecular weight is 453 g/mol. The molecular weight excluding hydrogens is 420 g/mol. The number of esters is 1. The molecule has 5 rings (SSSR count). The fourth-order valence-corrected chi connectivity index (χ4v) is 5.03. The normalized spacial score (nSPS) is 14.9. The average Bonchev–Trinajstić information content (AvgIpc) is 3.30. The van der Waals surface area contributed by atoms with Gasteiger partial charge < -0.3 is 14.6 Å². The molecule has 1 aliphatic rings. The number of nitrogens with zero attached hydrogens (tertiary/aromatic N) is 1. The molecule has 4 aromatic rings. The van der Waals surface area contributed by atoms with E-state index in [1.54, 1.807) is 12.1 Å². The molecule has 1 fully saturated rings. The van der Waals surface area contributed by atoms with Crippen molar-refractivity contribution < 1.29 is 9.53 Å². The van der Waals surface area contributed by atoms with Gasteiger partial charge in [0.25, 0.3) is 0 Å². The first-order valence-electron chi connectivity index (χ1n) is 12.4. The van der Waals surface area contributed by atoms with Crippen LogP contribution in [0.5, 0.6) is 5.75 Å². The van der Waals surface area contributed by atoms with Gasteiger partial charge in [0.05, 0.1) is 5.56 Å². The fourth-order valence-electron chi connectivity index (χ4n) is 5.03. The van der Waals surface area contributed by atoms with Crippen molar-refractivity contribution in [1.29, 1.82) is 0 Å². The van der Waals surface area contributed by atoms with E-state index < -0.39 is 0 Å². The SMILES string of the molecule is O=C(Oc1ccc2[nH]cc(CCCCN3CCC(c4ccccc4)CC3)c2c1)c1ccccc1. The number of fused-ring (bicyclic) bond motifs is 1. The Morgan fingerprint density at radius 3 is 2.41 bits per heavy atom. The molecule has 34 heavy (non-hydrogen) atoms. The molecule has 4 nitrogen and oxygen atoms in total. The second kappa shape index (κ2) is 10.7. The lowest BCUT2D eigenvalue weighted by molar-refractivity contribution is 0.0735. The van der Waals surface area contributed by atoms with E-state index in [-0.39, 0.29) is 5.97 Å². The third-order valence-corrected chi connectivity index (χ3v) is 6.99. The van der Waals surface area contributed by atoms with Gasteiger partial charge in [-0.05, 0) is 99.1 Å². The summed E-state index contributed by atoms with van der Waals surface area (Å²) in [6.45, 7) is 3.56.